The zero-order valence-electron chi connectivity index (χ0n) is 13.1. The van der Waals surface area contributed by atoms with Gasteiger partial charge in [-0.05, 0) is 75.0 Å². The second kappa shape index (κ2) is 5.89. The van der Waals surface area contributed by atoms with Crippen molar-refractivity contribution in [1.82, 2.24) is 0 Å². The van der Waals surface area contributed by atoms with Crippen molar-refractivity contribution in [3.63, 3.8) is 0 Å². The molecule has 0 heterocycles. The summed E-state index contributed by atoms with van der Waals surface area (Å²) in [5, 5.41) is 11.2. The molecule has 7 atom stereocenters. The molecular formula is C19H27O2S. The van der Waals surface area contributed by atoms with Crippen molar-refractivity contribution in [1.29, 1.82) is 0 Å². The SMILES string of the molecule is C#C[C@]1(O)CC[C@H]2[C@@H]3CCC4=CC(S)CC[C@@H]4[C@H]3CC[C@@H]21.[OH]. The molecule has 1 unspecified atom stereocenters. The summed E-state index contributed by atoms with van der Waals surface area (Å²) in [4.78, 5) is 0. The second-order valence-electron chi connectivity index (χ2n) is 7.81. The Morgan fingerprint density at radius 1 is 1.09 bits per heavy atom. The maximum absolute atomic E-state index is 10.7. The first-order chi connectivity index (χ1) is 10.1. The normalized spacial score (nSPS) is 49.8. The lowest BCUT2D eigenvalue weighted by atomic mass is 9.55. The van der Waals surface area contributed by atoms with Crippen molar-refractivity contribution in [2.24, 2.45) is 29.6 Å². The van der Waals surface area contributed by atoms with Crippen LogP contribution in [0.2, 0.25) is 0 Å². The lowest BCUT2D eigenvalue weighted by molar-refractivity contribution is -0.0188. The van der Waals surface area contributed by atoms with Crippen molar-refractivity contribution in [3.05, 3.63) is 11.6 Å². The smallest absolute Gasteiger partial charge is 0.128 e. The fourth-order valence-electron chi connectivity index (χ4n) is 6.18. The molecule has 3 heteroatoms. The van der Waals surface area contributed by atoms with E-state index in [-0.39, 0.29) is 5.48 Å². The monoisotopic (exact) mass is 319 g/mol. The van der Waals surface area contributed by atoms with Gasteiger partial charge in [0.25, 0.3) is 0 Å². The Kier molecular flexibility index (Phi) is 4.40. The number of hydrogen-bond acceptors (Lipinski definition) is 2. The number of allylic oxidation sites excluding steroid dienone is 1. The van der Waals surface area contributed by atoms with Gasteiger partial charge in [-0.1, -0.05) is 17.6 Å². The lowest BCUT2D eigenvalue weighted by Crippen LogP contribution is -2.45. The number of thiol groups is 1. The number of hydrogen-bond donors (Lipinski definition) is 3. The van der Waals surface area contributed by atoms with Crippen LogP contribution in [0.25, 0.3) is 0 Å². The summed E-state index contributed by atoms with van der Waals surface area (Å²) >= 11 is 4.66. The highest BCUT2D eigenvalue weighted by Crippen LogP contribution is 2.59. The Morgan fingerprint density at radius 3 is 2.68 bits per heavy atom. The van der Waals surface area contributed by atoms with Gasteiger partial charge in [0.05, 0.1) is 0 Å². The molecule has 0 aliphatic heterocycles. The van der Waals surface area contributed by atoms with E-state index < -0.39 is 5.60 Å². The van der Waals surface area contributed by atoms with Crippen LogP contribution in [0.15, 0.2) is 11.6 Å². The van der Waals surface area contributed by atoms with Crippen LogP contribution in [0.4, 0.5) is 0 Å². The molecule has 3 saturated carbocycles. The van der Waals surface area contributed by atoms with Crippen LogP contribution in [0.1, 0.15) is 51.4 Å². The van der Waals surface area contributed by atoms with Gasteiger partial charge in [-0.15, -0.1) is 6.42 Å². The quantitative estimate of drug-likeness (QED) is 0.356. The largest absolute Gasteiger partial charge is 0.377 e. The van der Waals surface area contributed by atoms with Gasteiger partial charge in [-0.2, -0.15) is 12.6 Å². The number of fused-ring (bicyclic) bond motifs is 5. The van der Waals surface area contributed by atoms with Gasteiger partial charge in [-0.3, -0.25) is 5.48 Å². The molecule has 0 amide bonds. The summed E-state index contributed by atoms with van der Waals surface area (Å²) in [5.41, 5.74) is 0.903. The first-order valence-electron chi connectivity index (χ1n) is 8.71. The topological polar surface area (TPSA) is 50.2 Å². The molecule has 2 nitrogen and oxygen atoms in total. The van der Waals surface area contributed by atoms with Crippen LogP contribution in [0.3, 0.4) is 0 Å². The van der Waals surface area contributed by atoms with Crippen LogP contribution < -0.4 is 0 Å². The highest BCUT2D eigenvalue weighted by molar-refractivity contribution is 7.81. The number of terminal acetylenes is 1. The van der Waals surface area contributed by atoms with Crippen LogP contribution >= 0.6 is 12.6 Å². The summed E-state index contributed by atoms with van der Waals surface area (Å²) in [7, 11) is 0. The predicted molar refractivity (Wildman–Crippen MR) is 91.0 cm³/mol. The molecule has 4 aliphatic rings. The molecule has 0 spiro atoms. The molecule has 0 aromatic heterocycles. The van der Waals surface area contributed by atoms with Crippen LogP contribution in [0.5, 0.6) is 0 Å². The minimum atomic E-state index is -0.797. The Labute approximate surface area is 139 Å². The zero-order chi connectivity index (χ0) is 14.6. The van der Waals surface area contributed by atoms with Gasteiger partial charge < -0.3 is 5.11 Å². The Morgan fingerprint density at radius 2 is 1.91 bits per heavy atom. The number of aliphatic hydroxyl groups is 1. The molecule has 22 heavy (non-hydrogen) atoms. The molecule has 0 aromatic rings. The first-order valence-corrected chi connectivity index (χ1v) is 9.23. The summed E-state index contributed by atoms with van der Waals surface area (Å²) in [6.07, 6.45) is 17.6. The van der Waals surface area contributed by atoms with Gasteiger partial charge in [0, 0.05) is 11.2 Å². The van der Waals surface area contributed by atoms with E-state index in [0.717, 1.165) is 37.0 Å². The van der Waals surface area contributed by atoms with Gasteiger partial charge in [0.2, 0.25) is 0 Å². The van der Waals surface area contributed by atoms with E-state index in [1.807, 2.05) is 0 Å². The molecule has 4 aliphatic carbocycles. The van der Waals surface area contributed by atoms with E-state index in [0.29, 0.717) is 17.1 Å². The minimum Gasteiger partial charge on any atom is -0.377 e. The van der Waals surface area contributed by atoms with E-state index in [4.69, 9.17) is 6.42 Å². The van der Waals surface area contributed by atoms with Crippen LogP contribution in [0, 0.1) is 41.9 Å². The van der Waals surface area contributed by atoms with E-state index in [1.165, 1.54) is 32.1 Å². The molecule has 121 valence electrons. The minimum absolute atomic E-state index is 0. The third-order valence-electron chi connectivity index (χ3n) is 7.09. The Balaban J connectivity index is 0.00000144. The molecule has 1 radical (unpaired) electrons. The van der Waals surface area contributed by atoms with Gasteiger partial charge in [-0.25, -0.2) is 0 Å². The van der Waals surface area contributed by atoms with Crippen LogP contribution in [-0.4, -0.2) is 21.4 Å². The summed E-state index contributed by atoms with van der Waals surface area (Å²) in [5.74, 6) is 6.26. The molecule has 0 saturated heterocycles. The predicted octanol–water partition coefficient (Wildman–Crippen LogP) is 3.65. The van der Waals surface area contributed by atoms with Crippen molar-refractivity contribution in [3.8, 4) is 12.3 Å². The van der Waals surface area contributed by atoms with Gasteiger partial charge >= 0.3 is 0 Å². The van der Waals surface area contributed by atoms with E-state index >= 15 is 0 Å². The first kappa shape index (κ1) is 16.4. The summed E-state index contributed by atoms with van der Waals surface area (Å²) in [6, 6.07) is 0. The van der Waals surface area contributed by atoms with Crippen molar-refractivity contribution in [2.45, 2.75) is 62.2 Å². The summed E-state index contributed by atoms with van der Waals surface area (Å²) in [6.45, 7) is 0. The highest BCUT2D eigenvalue weighted by atomic mass is 32.1. The van der Waals surface area contributed by atoms with Crippen molar-refractivity contribution in [2.75, 3.05) is 0 Å². The highest BCUT2D eigenvalue weighted by Gasteiger charge is 2.54. The maximum atomic E-state index is 10.7. The van der Waals surface area contributed by atoms with Crippen molar-refractivity contribution < 1.29 is 10.6 Å². The van der Waals surface area contributed by atoms with E-state index in [9.17, 15) is 5.11 Å². The number of rotatable bonds is 0. The lowest BCUT2D eigenvalue weighted by Gasteiger charge is -2.50. The standard InChI is InChI=1S/C19H26OS.HO/c1-2-19(20)10-9-17-16-5-3-12-11-13(21)4-6-14(12)15(16)7-8-18(17)19;/h1,11,13-18,20-21H,3-10H2;1H/t13?,14-,15+,16+,17-,18-,19-;/m0./s1. The Hall–Kier alpha value is -0.430. The van der Waals surface area contributed by atoms with Crippen molar-refractivity contribution >= 4 is 12.6 Å². The van der Waals surface area contributed by atoms with Gasteiger partial charge in [0.1, 0.15) is 5.60 Å². The molecule has 2 N–H and O–H groups in total. The van der Waals surface area contributed by atoms with Gasteiger partial charge in [0.15, 0.2) is 0 Å². The average molecular weight is 319 g/mol. The molecule has 0 bridgehead atoms. The fourth-order valence-corrected chi connectivity index (χ4v) is 6.52. The third-order valence-corrected chi connectivity index (χ3v) is 7.50. The molecule has 3 fully saturated rings. The molecule has 0 aromatic carbocycles. The average Bonchev–Trinajstić information content (AvgIpc) is 2.85. The summed E-state index contributed by atoms with van der Waals surface area (Å²) < 4.78 is 0. The fraction of sp³-hybridized carbons (Fsp3) is 0.789. The molecule has 4 rings (SSSR count). The maximum Gasteiger partial charge on any atom is 0.128 e. The second-order valence-corrected chi connectivity index (χ2v) is 8.48. The van der Waals surface area contributed by atoms with E-state index in [2.05, 4.69) is 24.6 Å². The third kappa shape index (κ3) is 2.35. The molecular weight excluding hydrogens is 292 g/mol. The van der Waals surface area contributed by atoms with Crippen LogP contribution in [-0.2, 0) is 0 Å². The Bertz CT molecular complexity index is 508. The zero-order valence-corrected chi connectivity index (χ0v) is 14.0. The van der Waals surface area contributed by atoms with E-state index in [1.54, 1.807) is 5.57 Å².